The third-order valence-electron chi connectivity index (χ3n) is 1.15. The van der Waals surface area contributed by atoms with Crippen molar-refractivity contribution in [2.24, 2.45) is 0 Å². The van der Waals surface area contributed by atoms with E-state index in [0.717, 1.165) is 6.42 Å². The molecule has 0 unspecified atom stereocenters. The van der Waals surface area contributed by atoms with E-state index in [-0.39, 0.29) is 0 Å². The summed E-state index contributed by atoms with van der Waals surface area (Å²) in [4.78, 5) is 0. The van der Waals surface area contributed by atoms with Crippen molar-refractivity contribution in [3.05, 3.63) is 11.8 Å². The summed E-state index contributed by atoms with van der Waals surface area (Å²) in [6, 6.07) is 0. The third-order valence-corrected chi connectivity index (χ3v) is 1.15. The van der Waals surface area contributed by atoms with Gasteiger partial charge in [-0.25, -0.2) is 0 Å². The van der Waals surface area contributed by atoms with Crippen LogP contribution in [-0.2, 0) is 4.74 Å². The summed E-state index contributed by atoms with van der Waals surface area (Å²) in [6.45, 7) is 4.11. The van der Waals surface area contributed by atoms with Crippen molar-refractivity contribution in [2.45, 2.75) is 32.8 Å². The summed E-state index contributed by atoms with van der Waals surface area (Å²) in [7, 11) is 0. The lowest BCUT2D eigenvalue weighted by Gasteiger charge is -2.18. The molecule has 1 aliphatic rings. The average molecular weight is 112 g/mol. The summed E-state index contributed by atoms with van der Waals surface area (Å²) < 4.78 is 5.35. The number of rotatable bonds is 2. The molecule has 0 spiro atoms. The Morgan fingerprint density at radius 1 is 1.62 bits per heavy atom. The first kappa shape index (κ1) is 5.67. The fraction of sp³-hybridized carbons (Fsp3) is 0.714. The van der Waals surface area contributed by atoms with E-state index in [9.17, 15) is 0 Å². The molecule has 1 nitrogen and oxygen atoms in total. The topological polar surface area (TPSA) is 9.23 Å². The number of hydrogen-bond acceptors (Lipinski definition) is 1. The Labute approximate surface area is 50.3 Å². The highest BCUT2D eigenvalue weighted by Crippen LogP contribution is 2.19. The van der Waals surface area contributed by atoms with Gasteiger partial charge in [0, 0.05) is 6.42 Å². The molecule has 0 saturated carbocycles. The van der Waals surface area contributed by atoms with Crippen molar-refractivity contribution in [1.29, 1.82) is 0 Å². The molecular weight excluding hydrogens is 100 g/mol. The van der Waals surface area contributed by atoms with Crippen molar-refractivity contribution in [2.75, 3.05) is 0 Å². The maximum atomic E-state index is 5.35. The molecule has 0 aromatic heterocycles. The van der Waals surface area contributed by atoms with E-state index in [1.54, 1.807) is 0 Å². The standard InChI is InChI=1S/C7H12O/c1-6(2)8-7-4-3-5-7/h4,6H,3,5H2,1-2H3. The first-order valence-electron chi connectivity index (χ1n) is 3.15. The molecule has 0 N–H and O–H groups in total. The maximum absolute atomic E-state index is 5.35. The minimum Gasteiger partial charge on any atom is -0.496 e. The zero-order valence-electron chi connectivity index (χ0n) is 5.48. The second-order valence-corrected chi connectivity index (χ2v) is 2.38. The van der Waals surface area contributed by atoms with E-state index in [1.807, 2.05) is 0 Å². The summed E-state index contributed by atoms with van der Waals surface area (Å²) >= 11 is 0. The highest BCUT2D eigenvalue weighted by atomic mass is 16.5. The van der Waals surface area contributed by atoms with Crippen molar-refractivity contribution in [3.63, 3.8) is 0 Å². The fourth-order valence-electron chi connectivity index (χ4n) is 0.672. The van der Waals surface area contributed by atoms with Crippen LogP contribution in [0.15, 0.2) is 11.8 Å². The summed E-state index contributed by atoms with van der Waals surface area (Å²) in [6.07, 6.45) is 4.86. The molecule has 1 rings (SSSR count). The molecule has 1 heteroatoms. The third kappa shape index (κ3) is 1.25. The Morgan fingerprint density at radius 2 is 2.25 bits per heavy atom. The van der Waals surface area contributed by atoms with E-state index >= 15 is 0 Å². The van der Waals surface area contributed by atoms with Gasteiger partial charge in [0.2, 0.25) is 0 Å². The maximum Gasteiger partial charge on any atom is 0.0927 e. The number of allylic oxidation sites excluding steroid dienone is 2. The van der Waals surface area contributed by atoms with Crippen LogP contribution in [0.3, 0.4) is 0 Å². The van der Waals surface area contributed by atoms with Gasteiger partial charge in [-0.1, -0.05) is 0 Å². The van der Waals surface area contributed by atoms with Gasteiger partial charge >= 0.3 is 0 Å². The Hall–Kier alpha value is -0.460. The number of hydrogen-bond donors (Lipinski definition) is 0. The Kier molecular flexibility index (Phi) is 1.56. The Bertz CT molecular complexity index is 103. The fourth-order valence-corrected chi connectivity index (χ4v) is 0.672. The lowest BCUT2D eigenvalue weighted by Crippen LogP contribution is -2.06. The van der Waals surface area contributed by atoms with Crippen molar-refractivity contribution in [1.82, 2.24) is 0 Å². The molecule has 0 radical (unpaired) electrons. The van der Waals surface area contributed by atoms with Crippen LogP contribution in [0.25, 0.3) is 0 Å². The van der Waals surface area contributed by atoms with Gasteiger partial charge in [-0.3, -0.25) is 0 Å². The molecule has 0 aromatic carbocycles. The van der Waals surface area contributed by atoms with Crippen LogP contribution in [0.2, 0.25) is 0 Å². The van der Waals surface area contributed by atoms with Crippen LogP contribution in [0.4, 0.5) is 0 Å². The monoisotopic (exact) mass is 112 g/mol. The van der Waals surface area contributed by atoms with Crippen LogP contribution in [0, 0.1) is 0 Å². The van der Waals surface area contributed by atoms with E-state index in [0.29, 0.717) is 6.10 Å². The molecule has 0 saturated heterocycles. The normalized spacial score (nSPS) is 17.6. The molecular formula is C7H12O. The minimum absolute atomic E-state index is 0.363. The molecule has 0 aliphatic heterocycles. The van der Waals surface area contributed by atoms with Crippen LogP contribution in [0.5, 0.6) is 0 Å². The van der Waals surface area contributed by atoms with Gasteiger partial charge in [0.05, 0.1) is 11.9 Å². The van der Waals surface area contributed by atoms with Crippen LogP contribution in [0.1, 0.15) is 26.7 Å². The Balaban J connectivity index is 2.19. The van der Waals surface area contributed by atoms with Crippen LogP contribution in [-0.4, -0.2) is 6.10 Å². The van der Waals surface area contributed by atoms with Crippen molar-refractivity contribution < 1.29 is 4.74 Å². The van der Waals surface area contributed by atoms with Gasteiger partial charge in [0.1, 0.15) is 0 Å². The largest absolute Gasteiger partial charge is 0.496 e. The first-order chi connectivity index (χ1) is 3.79. The second-order valence-electron chi connectivity index (χ2n) is 2.38. The SMILES string of the molecule is CC(C)OC1=CCC1. The second kappa shape index (κ2) is 2.21. The molecule has 0 fully saturated rings. The molecule has 0 heterocycles. The van der Waals surface area contributed by atoms with Gasteiger partial charge in [-0.05, 0) is 26.3 Å². The van der Waals surface area contributed by atoms with E-state index in [4.69, 9.17) is 4.74 Å². The zero-order valence-corrected chi connectivity index (χ0v) is 5.48. The molecule has 46 valence electrons. The lowest BCUT2D eigenvalue weighted by molar-refractivity contribution is 0.130. The van der Waals surface area contributed by atoms with E-state index in [2.05, 4.69) is 19.9 Å². The molecule has 0 bridgehead atoms. The van der Waals surface area contributed by atoms with Gasteiger partial charge in [-0.15, -0.1) is 0 Å². The molecule has 8 heavy (non-hydrogen) atoms. The van der Waals surface area contributed by atoms with E-state index < -0.39 is 0 Å². The molecule has 0 amide bonds. The van der Waals surface area contributed by atoms with Gasteiger partial charge in [0.15, 0.2) is 0 Å². The lowest BCUT2D eigenvalue weighted by atomic mass is 10.1. The predicted molar refractivity (Wildman–Crippen MR) is 33.5 cm³/mol. The van der Waals surface area contributed by atoms with Crippen LogP contribution < -0.4 is 0 Å². The minimum atomic E-state index is 0.363. The summed E-state index contributed by atoms with van der Waals surface area (Å²) in [5, 5.41) is 0. The highest BCUT2D eigenvalue weighted by Gasteiger charge is 2.06. The zero-order chi connectivity index (χ0) is 5.98. The summed E-state index contributed by atoms with van der Waals surface area (Å²) in [5.74, 6) is 1.18. The molecule has 1 aliphatic carbocycles. The number of ether oxygens (including phenoxy) is 1. The predicted octanol–water partition coefficient (Wildman–Crippen LogP) is 2.09. The quantitative estimate of drug-likeness (QED) is 0.531. The average Bonchev–Trinajstić information content (AvgIpc) is 1.55. The van der Waals surface area contributed by atoms with Gasteiger partial charge in [0.25, 0.3) is 0 Å². The summed E-state index contributed by atoms with van der Waals surface area (Å²) in [5.41, 5.74) is 0. The van der Waals surface area contributed by atoms with Gasteiger partial charge in [-0.2, -0.15) is 0 Å². The van der Waals surface area contributed by atoms with Crippen molar-refractivity contribution in [3.8, 4) is 0 Å². The smallest absolute Gasteiger partial charge is 0.0927 e. The molecule has 0 aromatic rings. The highest BCUT2D eigenvalue weighted by molar-refractivity contribution is 5.04. The molecule has 0 atom stereocenters. The Morgan fingerprint density at radius 3 is 2.38 bits per heavy atom. The van der Waals surface area contributed by atoms with Crippen molar-refractivity contribution >= 4 is 0 Å². The van der Waals surface area contributed by atoms with E-state index in [1.165, 1.54) is 12.2 Å². The van der Waals surface area contributed by atoms with Crippen LogP contribution >= 0.6 is 0 Å². The van der Waals surface area contributed by atoms with Gasteiger partial charge < -0.3 is 4.74 Å². The first-order valence-corrected chi connectivity index (χ1v) is 3.15.